The maximum absolute atomic E-state index is 10.3. The monoisotopic (exact) mass is 263 g/mol. The van der Waals surface area contributed by atoms with Crippen LogP contribution in [0.3, 0.4) is 0 Å². The normalized spacial score (nSPS) is 22.7. The summed E-state index contributed by atoms with van der Waals surface area (Å²) in [5.41, 5.74) is 2.26. The van der Waals surface area contributed by atoms with E-state index in [2.05, 4.69) is 30.9 Å². The predicted molar refractivity (Wildman–Crippen MR) is 77.2 cm³/mol. The lowest BCUT2D eigenvalue weighted by Crippen LogP contribution is -2.40. The molecule has 19 heavy (non-hydrogen) atoms. The van der Waals surface area contributed by atoms with E-state index in [0.29, 0.717) is 19.0 Å². The molecule has 1 aromatic carbocycles. The fourth-order valence-corrected chi connectivity index (χ4v) is 2.65. The molecule has 0 radical (unpaired) electrons. The van der Waals surface area contributed by atoms with Gasteiger partial charge in [-0.15, -0.1) is 0 Å². The van der Waals surface area contributed by atoms with Crippen molar-refractivity contribution in [2.75, 3.05) is 19.6 Å². The summed E-state index contributed by atoms with van der Waals surface area (Å²) in [7, 11) is 0. The molecule has 1 aliphatic rings. The molecule has 2 atom stereocenters. The molecular formula is C16H25NO2. The van der Waals surface area contributed by atoms with Gasteiger partial charge in [-0.1, -0.05) is 38.1 Å². The molecule has 0 saturated carbocycles. The lowest BCUT2D eigenvalue weighted by molar-refractivity contribution is 0.0392. The summed E-state index contributed by atoms with van der Waals surface area (Å²) in [6.45, 7) is 6.60. The number of hydrogen-bond donors (Lipinski definition) is 2. The number of aliphatic hydroxyl groups is 2. The second-order valence-corrected chi connectivity index (χ2v) is 5.89. The fourth-order valence-electron chi connectivity index (χ4n) is 2.65. The van der Waals surface area contributed by atoms with Crippen LogP contribution in [0.5, 0.6) is 0 Å². The van der Waals surface area contributed by atoms with Gasteiger partial charge in [0.05, 0.1) is 12.2 Å². The SMILES string of the molecule is CC(C)c1ccc([C@@H](O)CN2CCC[C@@H](O)C2)cc1. The first kappa shape index (κ1) is 14.5. The molecule has 106 valence electrons. The van der Waals surface area contributed by atoms with Gasteiger partial charge in [0.1, 0.15) is 0 Å². The molecule has 0 spiro atoms. The Bertz CT molecular complexity index is 388. The van der Waals surface area contributed by atoms with Crippen LogP contribution in [0.25, 0.3) is 0 Å². The topological polar surface area (TPSA) is 43.7 Å². The first-order valence-corrected chi connectivity index (χ1v) is 7.24. The minimum Gasteiger partial charge on any atom is -0.392 e. The lowest BCUT2D eigenvalue weighted by atomic mass is 9.99. The highest BCUT2D eigenvalue weighted by Gasteiger charge is 2.20. The zero-order valence-electron chi connectivity index (χ0n) is 11.9. The van der Waals surface area contributed by atoms with Crippen LogP contribution in [-0.4, -0.2) is 40.9 Å². The Kier molecular flexibility index (Phi) is 4.97. The van der Waals surface area contributed by atoms with Crippen LogP contribution in [-0.2, 0) is 0 Å². The predicted octanol–water partition coefficient (Wildman–Crippen LogP) is 2.30. The molecule has 1 aromatic rings. The lowest BCUT2D eigenvalue weighted by Gasteiger charge is -2.31. The Morgan fingerprint density at radius 3 is 2.42 bits per heavy atom. The average molecular weight is 263 g/mol. The maximum Gasteiger partial charge on any atom is 0.0916 e. The summed E-state index contributed by atoms with van der Waals surface area (Å²) in [6, 6.07) is 8.21. The van der Waals surface area contributed by atoms with Crippen molar-refractivity contribution in [2.45, 2.75) is 44.8 Å². The molecule has 0 amide bonds. The van der Waals surface area contributed by atoms with Crippen molar-refractivity contribution in [3.63, 3.8) is 0 Å². The summed E-state index contributed by atoms with van der Waals surface area (Å²) in [5.74, 6) is 0.517. The van der Waals surface area contributed by atoms with Crippen LogP contribution < -0.4 is 0 Å². The molecular weight excluding hydrogens is 238 g/mol. The molecule has 1 heterocycles. The van der Waals surface area contributed by atoms with E-state index in [1.165, 1.54) is 5.56 Å². The molecule has 1 aliphatic heterocycles. The van der Waals surface area contributed by atoms with E-state index in [1.807, 2.05) is 12.1 Å². The van der Waals surface area contributed by atoms with Crippen LogP contribution in [0.15, 0.2) is 24.3 Å². The van der Waals surface area contributed by atoms with Crippen molar-refractivity contribution in [1.29, 1.82) is 0 Å². The third-order valence-electron chi connectivity index (χ3n) is 3.90. The van der Waals surface area contributed by atoms with E-state index in [4.69, 9.17) is 0 Å². The van der Waals surface area contributed by atoms with Gasteiger partial charge in [0.25, 0.3) is 0 Å². The average Bonchev–Trinajstić information content (AvgIpc) is 2.39. The van der Waals surface area contributed by atoms with Crippen molar-refractivity contribution in [1.82, 2.24) is 4.90 Å². The minimum atomic E-state index is -0.466. The standard InChI is InChI=1S/C16H25NO2/c1-12(2)13-5-7-14(8-6-13)16(19)11-17-9-3-4-15(18)10-17/h5-8,12,15-16,18-19H,3-4,9-11H2,1-2H3/t15-,16+/m1/s1. The van der Waals surface area contributed by atoms with E-state index in [1.54, 1.807) is 0 Å². The first-order chi connectivity index (χ1) is 9.06. The highest BCUT2D eigenvalue weighted by molar-refractivity contribution is 5.26. The summed E-state index contributed by atoms with van der Waals surface area (Å²) >= 11 is 0. The zero-order chi connectivity index (χ0) is 13.8. The van der Waals surface area contributed by atoms with Gasteiger partial charge in [-0.3, -0.25) is 4.90 Å². The summed E-state index contributed by atoms with van der Waals surface area (Å²) < 4.78 is 0. The molecule has 3 nitrogen and oxygen atoms in total. The van der Waals surface area contributed by atoms with E-state index in [0.717, 1.165) is 24.9 Å². The second-order valence-electron chi connectivity index (χ2n) is 5.89. The van der Waals surface area contributed by atoms with E-state index >= 15 is 0 Å². The number of aliphatic hydroxyl groups excluding tert-OH is 2. The van der Waals surface area contributed by atoms with Crippen molar-refractivity contribution in [2.24, 2.45) is 0 Å². The van der Waals surface area contributed by atoms with Crippen LogP contribution in [0.2, 0.25) is 0 Å². The van der Waals surface area contributed by atoms with Crippen LogP contribution in [0.4, 0.5) is 0 Å². The Labute approximate surface area is 115 Å². The third kappa shape index (κ3) is 4.03. The molecule has 1 saturated heterocycles. The van der Waals surface area contributed by atoms with Crippen molar-refractivity contribution in [3.05, 3.63) is 35.4 Å². The second kappa shape index (κ2) is 6.51. The van der Waals surface area contributed by atoms with Crippen molar-refractivity contribution >= 4 is 0 Å². The number of likely N-dealkylation sites (tertiary alicyclic amines) is 1. The number of benzene rings is 1. The van der Waals surface area contributed by atoms with Gasteiger partial charge >= 0.3 is 0 Å². The Morgan fingerprint density at radius 2 is 1.84 bits per heavy atom. The maximum atomic E-state index is 10.3. The van der Waals surface area contributed by atoms with E-state index < -0.39 is 6.10 Å². The molecule has 2 N–H and O–H groups in total. The van der Waals surface area contributed by atoms with Crippen molar-refractivity contribution in [3.8, 4) is 0 Å². The number of β-amino-alcohol motifs (C(OH)–C–C–N with tert-alkyl or cyclic N) is 2. The quantitative estimate of drug-likeness (QED) is 0.876. The highest BCUT2D eigenvalue weighted by atomic mass is 16.3. The highest BCUT2D eigenvalue weighted by Crippen LogP contribution is 2.20. The summed E-state index contributed by atoms with van der Waals surface area (Å²) in [6.07, 6.45) is 1.20. The number of piperidine rings is 1. The summed E-state index contributed by atoms with van der Waals surface area (Å²) in [4.78, 5) is 2.15. The van der Waals surface area contributed by atoms with Gasteiger partial charge in [0.2, 0.25) is 0 Å². The number of rotatable bonds is 4. The van der Waals surface area contributed by atoms with Gasteiger partial charge in [-0.2, -0.15) is 0 Å². The molecule has 0 aromatic heterocycles. The van der Waals surface area contributed by atoms with Crippen molar-refractivity contribution < 1.29 is 10.2 Å². The van der Waals surface area contributed by atoms with Gasteiger partial charge in [0, 0.05) is 13.1 Å². The fraction of sp³-hybridized carbons (Fsp3) is 0.625. The Morgan fingerprint density at radius 1 is 1.21 bits per heavy atom. The van der Waals surface area contributed by atoms with E-state index in [-0.39, 0.29) is 6.10 Å². The molecule has 0 unspecified atom stereocenters. The largest absolute Gasteiger partial charge is 0.392 e. The van der Waals surface area contributed by atoms with Gasteiger partial charge in [0.15, 0.2) is 0 Å². The van der Waals surface area contributed by atoms with Crippen LogP contribution in [0.1, 0.15) is 49.8 Å². The first-order valence-electron chi connectivity index (χ1n) is 7.24. The van der Waals surface area contributed by atoms with Crippen LogP contribution >= 0.6 is 0 Å². The zero-order valence-corrected chi connectivity index (χ0v) is 11.9. The molecule has 1 fully saturated rings. The Balaban J connectivity index is 1.93. The van der Waals surface area contributed by atoms with Crippen LogP contribution in [0, 0.1) is 0 Å². The molecule has 0 aliphatic carbocycles. The third-order valence-corrected chi connectivity index (χ3v) is 3.90. The summed E-state index contributed by atoms with van der Waals surface area (Å²) in [5, 5.41) is 19.9. The number of hydrogen-bond acceptors (Lipinski definition) is 3. The molecule has 3 heteroatoms. The smallest absolute Gasteiger partial charge is 0.0916 e. The molecule has 2 rings (SSSR count). The minimum absolute atomic E-state index is 0.232. The Hall–Kier alpha value is -0.900. The van der Waals surface area contributed by atoms with Gasteiger partial charge in [-0.05, 0) is 36.4 Å². The molecule has 0 bridgehead atoms. The van der Waals surface area contributed by atoms with Gasteiger partial charge in [-0.25, -0.2) is 0 Å². The number of nitrogens with zero attached hydrogens (tertiary/aromatic N) is 1. The van der Waals surface area contributed by atoms with Gasteiger partial charge < -0.3 is 10.2 Å². The van der Waals surface area contributed by atoms with E-state index in [9.17, 15) is 10.2 Å².